The fraction of sp³-hybridized carbons (Fsp3) is 0.600. The molecule has 1 aromatic carbocycles. The molecule has 1 aromatic rings. The van der Waals surface area contributed by atoms with Crippen LogP contribution in [0.1, 0.15) is 38.0 Å². The Morgan fingerprint density at radius 2 is 1.72 bits per heavy atom. The molecule has 0 amide bonds. The minimum Gasteiger partial charge on any atom is -0.373 e. The quantitative estimate of drug-likeness (QED) is 0.577. The minimum atomic E-state index is -0.100. The van der Waals surface area contributed by atoms with Crippen LogP contribution in [0.15, 0.2) is 24.3 Å². The molecule has 0 saturated heterocycles. The van der Waals surface area contributed by atoms with Crippen molar-refractivity contribution in [3.05, 3.63) is 35.4 Å². The van der Waals surface area contributed by atoms with Gasteiger partial charge in [0.05, 0.1) is 24.9 Å². The number of rotatable bonds is 6. The molecule has 0 bridgehead atoms. The zero-order chi connectivity index (χ0) is 13.6. The van der Waals surface area contributed by atoms with E-state index in [-0.39, 0.29) is 11.7 Å². The van der Waals surface area contributed by atoms with Gasteiger partial charge in [-0.05, 0) is 33.3 Å². The van der Waals surface area contributed by atoms with Crippen molar-refractivity contribution in [2.75, 3.05) is 18.5 Å². The number of halogens is 1. The first-order chi connectivity index (χ1) is 8.42. The highest BCUT2D eigenvalue weighted by Gasteiger charge is 2.12. The summed E-state index contributed by atoms with van der Waals surface area (Å²) < 4.78 is 11.5. The van der Waals surface area contributed by atoms with Crippen LogP contribution in [0.5, 0.6) is 0 Å². The molecule has 1 unspecified atom stereocenters. The van der Waals surface area contributed by atoms with Gasteiger partial charge >= 0.3 is 0 Å². The van der Waals surface area contributed by atoms with Gasteiger partial charge in [-0.2, -0.15) is 0 Å². The molecular formula is C15H23BrO2. The molecule has 0 aliphatic carbocycles. The van der Waals surface area contributed by atoms with E-state index < -0.39 is 0 Å². The first-order valence-corrected chi connectivity index (χ1v) is 7.42. The first kappa shape index (κ1) is 15.7. The van der Waals surface area contributed by atoms with E-state index >= 15 is 0 Å². The van der Waals surface area contributed by atoms with E-state index in [1.54, 1.807) is 0 Å². The summed E-state index contributed by atoms with van der Waals surface area (Å²) in [5, 5.41) is 0.797. The minimum absolute atomic E-state index is 0.0918. The Hall–Kier alpha value is -0.380. The third-order valence-electron chi connectivity index (χ3n) is 2.53. The monoisotopic (exact) mass is 314 g/mol. The molecule has 0 aliphatic rings. The second-order valence-corrected chi connectivity index (χ2v) is 6.03. The van der Waals surface area contributed by atoms with Crippen molar-refractivity contribution in [1.82, 2.24) is 0 Å². The third-order valence-corrected chi connectivity index (χ3v) is 3.11. The van der Waals surface area contributed by atoms with E-state index in [2.05, 4.69) is 67.9 Å². The lowest BCUT2D eigenvalue weighted by atomic mass is 10.1. The summed E-state index contributed by atoms with van der Waals surface area (Å²) in [5.74, 6) is 0. The lowest BCUT2D eigenvalue weighted by molar-refractivity contribution is -0.0480. The largest absolute Gasteiger partial charge is 0.373 e. The maximum atomic E-state index is 5.84. The zero-order valence-corrected chi connectivity index (χ0v) is 13.3. The number of aryl methyl sites for hydroxylation is 1. The molecule has 0 spiro atoms. The molecule has 0 fully saturated rings. The maximum Gasteiger partial charge on any atom is 0.0922 e. The fourth-order valence-electron chi connectivity index (χ4n) is 1.55. The van der Waals surface area contributed by atoms with Gasteiger partial charge in [0.15, 0.2) is 0 Å². The van der Waals surface area contributed by atoms with Crippen LogP contribution >= 0.6 is 15.9 Å². The van der Waals surface area contributed by atoms with Gasteiger partial charge in [0.1, 0.15) is 0 Å². The lowest BCUT2D eigenvalue weighted by Gasteiger charge is -2.21. The van der Waals surface area contributed by atoms with Crippen LogP contribution in [0.25, 0.3) is 0 Å². The van der Waals surface area contributed by atoms with Crippen molar-refractivity contribution < 1.29 is 9.47 Å². The van der Waals surface area contributed by atoms with Crippen molar-refractivity contribution in [3.63, 3.8) is 0 Å². The van der Waals surface area contributed by atoms with E-state index in [4.69, 9.17) is 9.47 Å². The van der Waals surface area contributed by atoms with Gasteiger partial charge in [0, 0.05) is 5.33 Å². The average molecular weight is 315 g/mol. The molecule has 3 heteroatoms. The second kappa shape index (κ2) is 7.27. The van der Waals surface area contributed by atoms with Crippen LogP contribution in [0.2, 0.25) is 0 Å². The summed E-state index contributed by atoms with van der Waals surface area (Å²) in [7, 11) is 0. The summed E-state index contributed by atoms with van der Waals surface area (Å²) in [5.41, 5.74) is 2.37. The molecule has 2 nitrogen and oxygen atoms in total. The van der Waals surface area contributed by atoms with Gasteiger partial charge < -0.3 is 9.47 Å². The first-order valence-electron chi connectivity index (χ1n) is 6.30. The summed E-state index contributed by atoms with van der Waals surface area (Å²) in [4.78, 5) is 0. The number of benzene rings is 1. The summed E-state index contributed by atoms with van der Waals surface area (Å²) in [6.07, 6.45) is 0.0918. The van der Waals surface area contributed by atoms with Crippen LogP contribution < -0.4 is 0 Å². The smallest absolute Gasteiger partial charge is 0.0922 e. The van der Waals surface area contributed by atoms with Crippen molar-refractivity contribution >= 4 is 15.9 Å². The Labute approximate surface area is 119 Å². The van der Waals surface area contributed by atoms with Crippen molar-refractivity contribution in [2.45, 2.75) is 39.4 Å². The van der Waals surface area contributed by atoms with Gasteiger partial charge in [-0.3, -0.25) is 0 Å². The van der Waals surface area contributed by atoms with E-state index in [0.717, 1.165) is 5.33 Å². The van der Waals surface area contributed by atoms with Crippen LogP contribution in [-0.2, 0) is 9.47 Å². The van der Waals surface area contributed by atoms with Crippen LogP contribution in [-0.4, -0.2) is 24.1 Å². The highest BCUT2D eigenvalue weighted by atomic mass is 79.9. The van der Waals surface area contributed by atoms with Crippen LogP contribution in [0.4, 0.5) is 0 Å². The number of hydrogen-bond donors (Lipinski definition) is 0. The van der Waals surface area contributed by atoms with Crippen LogP contribution in [0.3, 0.4) is 0 Å². The average Bonchev–Trinajstić information content (AvgIpc) is 2.29. The maximum absolute atomic E-state index is 5.84. The predicted octanol–water partition coefficient (Wildman–Crippen LogP) is 4.26. The highest BCUT2D eigenvalue weighted by molar-refractivity contribution is 9.09. The van der Waals surface area contributed by atoms with Gasteiger partial charge in [-0.25, -0.2) is 0 Å². The topological polar surface area (TPSA) is 18.5 Å². The standard InChI is InChI=1S/C15H23BrO2/c1-12-5-7-13(8-6-12)14(11-16)17-9-10-18-15(2,3)4/h5-8,14H,9-11H2,1-4H3. The van der Waals surface area contributed by atoms with E-state index in [1.807, 2.05) is 0 Å². The summed E-state index contributed by atoms with van der Waals surface area (Å²) in [6.45, 7) is 9.48. The van der Waals surface area contributed by atoms with Crippen molar-refractivity contribution in [1.29, 1.82) is 0 Å². The zero-order valence-electron chi connectivity index (χ0n) is 11.7. The number of ether oxygens (including phenoxy) is 2. The summed E-state index contributed by atoms with van der Waals surface area (Å²) >= 11 is 3.50. The van der Waals surface area contributed by atoms with Crippen LogP contribution in [0, 0.1) is 6.92 Å². The molecule has 0 saturated carbocycles. The molecule has 18 heavy (non-hydrogen) atoms. The molecule has 102 valence electrons. The molecule has 0 aliphatic heterocycles. The van der Waals surface area contributed by atoms with E-state index in [9.17, 15) is 0 Å². The lowest BCUT2D eigenvalue weighted by Crippen LogP contribution is -2.22. The Balaban J connectivity index is 2.40. The summed E-state index contributed by atoms with van der Waals surface area (Å²) in [6, 6.07) is 8.46. The van der Waals surface area contributed by atoms with Crippen molar-refractivity contribution in [3.8, 4) is 0 Å². The highest BCUT2D eigenvalue weighted by Crippen LogP contribution is 2.20. The molecule has 1 rings (SSSR count). The Morgan fingerprint density at radius 1 is 1.11 bits per heavy atom. The molecule has 0 aromatic heterocycles. The van der Waals surface area contributed by atoms with E-state index in [1.165, 1.54) is 11.1 Å². The van der Waals surface area contributed by atoms with Crippen molar-refractivity contribution in [2.24, 2.45) is 0 Å². The second-order valence-electron chi connectivity index (χ2n) is 5.39. The fourth-order valence-corrected chi connectivity index (χ4v) is 2.11. The Kier molecular flexibility index (Phi) is 6.33. The van der Waals surface area contributed by atoms with Gasteiger partial charge in [-0.15, -0.1) is 0 Å². The molecule has 0 heterocycles. The third kappa shape index (κ3) is 5.98. The normalized spacial score (nSPS) is 13.6. The Morgan fingerprint density at radius 3 is 2.22 bits per heavy atom. The van der Waals surface area contributed by atoms with Gasteiger partial charge in [0.25, 0.3) is 0 Å². The van der Waals surface area contributed by atoms with E-state index in [0.29, 0.717) is 13.2 Å². The number of alkyl halides is 1. The molecule has 0 N–H and O–H groups in total. The van der Waals surface area contributed by atoms with Gasteiger partial charge in [0.2, 0.25) is 0 Å². The SMILES string of the molecule is Cc1ccc(C(CBr)OCCOC(C)(C)C)cc1. The molecular weight excluding hydrogens is 292 g/mol. The Bertz CT molecular complexity index is 341. The van der Waals surface area contributed by atoms with Gasteiger partial charge in [-0.1, -0.05) is 45.8 Å². The molecule has 1 atom stereocenters. The number of hydrogen-bond acceptors (Lipinski definition) is 2. The molecule has 0 radical (unpaired) electrons. The predicted molar refractivity (Wildman–Crippen MR) is 79.4 cm³/mol.